The maximum absolute atomic E-state index is 12.2. The average molecular weight is 489 g/mol. The molecule has 0 saturated carbocycles. The highest BCUT2D eigenvalue weighted by Gasteiger charge is 2.16. The van der Waals surface area contributed by atoms with E-state index in [4.69, 9.17) is 39.5 Å². The predicted molar refractivity (Wildman–Crippen MR) is 99.5 cm³/mol. The van der Waals surface area contributed by atoms with E-state index in [0.717, 1.165) is 9.26 Å². The summed E-state index contributed by atoms with van der Waals surface area (Å²) in [6.45, 7) is 2.34. The minimum Gasteiger partial charge on any atom is -0.485 e. The van der Waals surface area contributed by atoms with Crippen molar-refractivity contribution in [3.05, 3.63) is 49.2 Å². The highest BCUT2D eigenvalue weighted by Crippen LogP contribution is 2.21. The Hall–Kier alpha value is -0.570. The number of halogens is 4. The Morgan fingerprint density at radius 3 is 2.70 bits per heavy atom. The molecule has 2 heterocycles. The van der Waals surface area contributed by atoms with Crippen LogP contribution in [0.15, 0.2) is 29.3 Å². The van der Waals surface area contributed by atoms with Crippen molar-refractivity contribution in [1.82, 2.24) is 14.8 Å². The zero-order valence-electron chi connectivity index (χ0n) is 12.0. The van der Waals surface area contributed by atoms with Crippen molar-refractivity contribution in [3.8, 4) is 5.75 Å². The number of rotatable bonds is 6. The van der Waals surface area contributed by atoms with Crippen molar-refractivity contribution in [3.63, 3.8) is 0 Å². The molecule has 0 aromatic carbocycles. The zero-order valence-corrected chi connectivity index (χ0v) is 16.5. The summed E-state index contributed by atoms with van der Waals surface area (Å²) in [6.07, 6.45) is 3.11. The lowest BCUT2D eigenvalue weighted by Crippen LogP contribution is -2.28. The fourth-order valence-corrected chi connectivity index (χ4v) is 2.37. The van der Waals surface area contributed by atoms with E-state index in [0.29, 0.717) is 0 Å². The van der Waals surface area contributed by atoms with E-state index >= 15 is 0 Å². The normalized spacial score (nSPS) is 12.4. The molecule has 5 nitrogen and oxygen atoms in total. The first-order valence-corrected chi connectivity index (χ1v) is 8.98. The van der Waals surface area contributed by atoms with Gasteiger partial charge in [0.2, 0.25) is 0 Å². The van der Waals surface area contributed by atoms with Crippen LogP contribution in [0.25, 0.3) is 0 Å². The van der Waals surface area contributed by atoms with E-state index in [9.17, 15) is 4.79 Å². The Kier molecular flexibility index (Phi) is 6.94. The van der Waals surface area contributed by atoms with Crippen LogP contribution in [0.4, 0.5) is 0 Å². The Labute approximate surface area is 162 Å². The van der Waals surface area contributed by atoms with Gasteiger partial charge >= 0.3 is 0 Å². The summed E-state index contributed by atoms with van der Waals surface area (Å²) in [5, 5.41) is 4.03. The Balaban J connectivity index is 2.10. The average Bonchev–Trinajstić information content (AvgIpc) is 2.52. The second kappa shape index (κ2) is 8.50. The lowest BCUT2D eigenvalue weighted by Gasteiger charge is -2.14. The fraction of sp³-hybridized carbons (Fsp3) is 0.357. The van der Waals surface area contributed by atoms with Crippen LogP contribution in [0, 0.1) is 9.62 Å². The van der Waals surface area contributed by atoms with Gasteiger partial charge < -0.3 is 4.74 Å². The Bertz CT molecular complexity index is 722. The zero-order chi connectivity index (χ0) is 17.0. The summed E-state index contributed by atoms with van der Waals surface area (Å²) in [5.74, 6) is 0.0941. The van der Waals surface area contributed by atoms with Crippen LogP contribution in [-0.2, 0) is 13.2 Å². The highest BCUT2D eigenvalue weighted by molar-refractivity contribution is 14.1. The molecule has 9 heteroatoms. The smallest absolute Gasteiger partial charge is 0.289 e. The summed E-state index contributed by atoms with van der Waals surface area (Å²) in [5.41, 5.74) is 0.428. The largest absolute Gasteiger partial charge is 0.485 e. The van der Waals surface area contributed by atoms with Crippen molar-refractivity contribution in [2.75, 3.05) is 0 Å². The van der Waals surface area contributed by atoms with Crippen molar-refractivity contribution in [2.45, 2.75) is 24.9 Å². The molecule has 0 aliphatic heterocycles. The number of aromatic nitrogens is 3. The fourth-order valence-electron chi connectivity index (χ4n) is 1.69. The molecule has 1 unspecified atom stereocenters. The minimum atomic E-state index is -0.591. The van der Waals surface area contributed by atoms with Gasteiger partial charge in [0.1, 0.15) is 15.1 Å². The van der Waals surface area contributed by atoms with E-state index < -0.39 is 10.4 Å². The van der Waals surface area contributed by atoms with Gasteiger partial charge in [-0.05, 0) is 28.7 Å². The quantitative estimate of drug-likeness (QED) is 0.352. The van der Waals surface area contributed by atoms with Crippen LogP contribution in [0.3, 0.4) is 0 Å². The van der Waals surface area contributed by atoms with Crippen LogP contribution >= 0.6 is 57.4 Å². The molecule has 0 fully saturated rings. The number of ether oxygens (including phenoxy) is 1. The molecule has 0 N–H and O–H groups in total. The third-order valence-corrected chi connectivity index (χ3v) is 4.87. The molecule has 2 aromatic rings. The summed E-state index contributed by atoms with van der Waals surface area (Å²) in [6, 6.07) is 3.76. The van der Waals surface area contributed by atoms with Crippen LogP contribution in [0.2, 0.25) is 5.02 Å². The lowest BCUT2D eigenvalue weighted by molar-refractivity contribution is 0.300. The van der Waals surface area contributed by atoms with Gasteiger partial charge in [0, 0.05) is 17.7 Å². The molecular weight excluding hydrogens is 475 g/mol. The molecule has 0 aliphatic carbocycles. The van der Waals surface area contributed by atoms with E-state index in [1.165, 1.54) is 10.9 Å². The van der Waals surface area contributed by atoms with Crippen LogP contribution < -0.4 is 10.3 Å². The standard InChI is InChI=1S/C14H13Cl3IN3O2/c1-8(13(16)17)6-21-14(22)12(15)10(5-20-21)23-7-9-2-3-11(18)19-4-9/h2-5,8,13H,6-7H2,1H3. The molecule has 2 rings (SSSR count). The third-order valence-electron chi connectivity index (χ3n) is 3.03. The molecule has 2 aromatic heterocycles. The minimum absolute atomic E-state index is 0.0219. The second-order valence-corrected chi connectivity index (χ2v) is 7.55. The molecule has 124 valence electrons. The molecule has 1 atom stereocenters. The van der Waals surface area contributed by atoms with Crippen molar-refractivity contribution >= 4 is 57.4 Å². The maximum atomic E-state index is 12.2. The summed E-state index contributed by atoms with van der Waals surface area (Å²) >= 11 is 19.8. The summed E-state index contributed by atoms with van der Waals surface area (Å²) in [7, 11) is 0. The van der Waals surface area contributed by atoms with Crippen molar-refractivity contribution in [2.24, 2.45) is 5.92 Å². The van der Waals surface area contributed by atoms with Crippen molar-refractivity contribution < 1.29 is 4.74 Å². The van der Waals surface area contributed by atoms with E-state index in [1.807, 2.05) is 19.1 Å². The molecular formula is C14H13Cl3IN3O2. The molecule has 23 heavy (non-hydrogen) atoms. The van der Waals surface area contributed by atoms with Crippen molar-refractivity contribution in [1.29, 1.82) is 0 Å². The van der Waals surface area contributed by atoms with Gasteiger partial charge in [0.15, 0.2) is 10.8 Å². The number of alkyl halides is 2. The predicted octanol–water partition coefficient (Wildman–Crippen LogP) is 3.92. The molecule has 0 amide bonds. The lowest BCUT2D eigenvalue weighted by atomic mass is 10.2. The molecule has 0 saturated heterocycles. The van der Waals surface area contributed by atoms with Gasteiger partial charge in [0.05, 0.1) is 12.7 Å². The number of pyridine rings is 1. The van der Waals surface area contributed by atoms with Gasteiger partial charge in [-0.3, -0.25) is 4.79 Å². The van der Waals surface area contributed by atoms with Crippen LogP contribution in [-0.4, -0.2) is 19.6 Å². The van der Waals surface area contributed by atoms with Gasteiger partial charge in [0.25, 0.3) is 5.56 Å². The van der Waals surface area contributed by atoms with E-state index in [2.05, 4.69) is 32.7 Å². The van der Waals surface area contributed by atoms with Gasteiger partial charge in [-0.25, -0.2) is 9.67 Å². The second-order valence-electron chi connectivity index (χ2n) is 4.90. The monoisotopic (exact) mass is 487 g/mol. The Morgan fingerprint density at radius 1 is 1.35 bits per heavy atom. The SMILES string of the molecule is CC(Cn1ncc(OCc2ccc(I)nc2)c(Cl)c1=O)C(Cl)Cl. The summed E-state index contributed by atoms with van der Waals surface area (Å²) in [4.78, 5) is 15.8. The molecule has 0 aliphatic rings. The van der Waals surface area contributed by atoms with Gasteiger partial charge in [-0.1, -0.05) is 24.6 Å². The maximum Gasteiger partial charge on any atom is 0.289 e. The first-order chi connectivity index (χ1) is 10.9. The Morgan fingerprint density at radius 2 is 2.09 bits per heavy atom. The van der Waals surface area contributed by atoms with E-state index in [1.54, 1.807) is 6.20 Å². The van der Waals surface area contributed by atoms with Gasteiger partial charge in [-0.15, -0.1) is 23.2 Å². The molecule has 0 spiro atoms. The topological polar surface area (TPSA) is 57.0 Å². The number of hydrogen-bond acceptors (Lipinski definition) is 4. The van der Waals surface area contributed by atoms with Crippen LogP contribution in [0.1, 0.15) is 12.5 Å². The van der Waals surface area contributed by atoms with Crippen LogP contribution in [0.5, 0.6) is 5.75 Å². The first kappa shape index (κ1) is 18.8. The van der Waals surface area contributed by atoms with E-state index in [-0.39, 0.29) is 29.8 Å². The highest BCUT2D eigenvalue weighted by atomic mass is 127. The number of hydrogen-bond donors (Lipinski definition) is 0. The molecule has 0 bridgehead atoms. The summed E-state index contributed by atoms with van der Waals surface area (Å²) < 4.78 is 7.66. The third kappa shape index (κ3) is 5.20. The number of nitrogens with zero attached hydrogens (tertiary/aromatic N) is 3. The molecule has 0 radical (unpaired) electrons. The van der Waals surface area contributed by atoms with Gasteiger partial charge in [-0.2, -0.15) is 5.10 Å². The first-order valence-electron chi connectivity index (χ1n) is 6.65.